The minimum absolute atomic E-state index is 0.0514. The molecule has 0 unspecified atom stereocenters. The normalized spacial score (nSPS) is 20.2. The molecule has 0 spiro atoms. The maximum absolute atomic E-state index is 14.2. The summed E-state index contributed by atoms with van der Waals surface area (Å²) in [6.07, 6.45) is 4.31. The van der Waals surface area contributed by atoms with Crippen LogP contribution in [0.15, 0.2) is 90.6 Å². The number of nitrogens with one attached hydrogen (secondary N) is 1. The van der Waals surface area contributed by atoms with E-state index in [9.17, 15) is 14.4 Å². The van der Waals surface area contributed by atoms with Crippen LogP contribution in [-0.4, -0.2) is 77.7 Å². The average molecular weight is 693 g/mol. The van der Waals surface area contributed by atoms with E-state index in [1.54, 1.807) is 23.7 Å². The van der Waals surface area contributed by atoms with Crippen LogP contribution in [0.1, 0.15) is 66.1 Å². The molecule has 2 saturated heterocycles. The second-order valence-corrected chi connectivity index (χ2v) is 14.5. The predicted molar refractivity (Wildman–Crippen MR) is 193 cm³/mol. The van der Waals surface area contributed by atoms with Crippen molar-refractivity contribution < 1.29 is 23.9 Å². The molecule has 4 aromatic rings. The summed E-state index contributed by atoms with van der Waals surface area (Å²) in [7, 11) is 1.61. The first-order valence-corrected chi connectivity index (χ1v) is 18.5. The maximum atomic E-state index is 14.2. The number of likely N-dealkylation sites (tertiary alicyclic amines) is 2. The van der Waals surface area contributed by atoms with Gasteiger partial charge in [-0.25, -0.2) is 4.79 Å². The number of nitrogens with zero attached hydrogens (tertiary/aromatic N) is 3. The average Bonchev–Trinajstić information content (AvgIpc) is 3.98. The van der Waals surface area contributed by atoms with Gasteiger partial charge in [0.1, 0.15) is 12.6 Å². The van der Waals surface area contributed by atoms with Gasteiger partial charge in [-0.2, -0.15) is 0 Å². The van der Waals surface area contributed by atoms with E-state index in [4.69, 9.17) is 9.47 Å². The first kappa shape index (κ1) is 33.9. The summed E-state index contributed by atoms with van der Waals surface area (Å²) in [6.45, 7) is 3.11. The van der Waals surface area contributed by atoms with Gasteiger partial charge >= 0.3 is 6.09 Å². The molecule has 1 N–H and O–H groups in total. The molecule has 5 atom stereocenters. The van der Waals surface area contributed by atoms with Crippen LogP contribution in [0.25, 0.3) is 11.1 Å². The molecule has 3 amide bonds. The predicted octanol–water partition coefficient (Wildman–Crippen LogP) is 6.60. The molecule has 3 heterocycles. The van der Waals surface area contributed by atoms with Gasteiger partial charge in [0.05, 0.1) is 29.6 Å². The molecule has 3 aliphatic rings. The third-order valence-corrected chi connectivity index (χ3v) is 11.5. The highest BCUT2D eigenvalue weighted by Crippen LogP contribution is 2.44. The van der Waals surface area contributed by atoms with E-state index < -0.39 is 24.2 Å². The van der Waals surface area contributed by atoms with E-state index in [2.05, 4.69) is 46.7 Å². The lowest BCUT2D eigenvalue weighted by Gasteiger charge is -2.36. The topological polar surface area (TPSA) is 101 Å². The molecule has 2 fully saturated rings. The fourth-order valence-corrected chi connectivity index (χ4v) is 8.81. The molecule has 0 saturated carbocycles. The van der Waals surface area contributed by atoms with Crippen molar-refractivity contribution in [3.8, 4) is 11.1 Å². The van der Waals surface area contributed by atoms with E-state index in [0.29, 0.717) is 25.9 Å². The number of hydrogen-bond donors (Lipinski definition) is 1. The molecule has 1 aromatic heterocycles. The van der Waals surface area contributed by atoms with Gasteiger partial charge in [-0.15, -0.1) is 11.3 Å². The highest BCUT2D eigenvalue weighted by Gasteiger charge is 2.45. The van der Waals surface area contributed by atoms with Gasteiger partial charge < -0.3 is 19.7 Å². The van der Waals surface area contributed by atoms with E-state index >= 15 is 0 Å². The summed E-state index contributed by atoms with van der Waals surface area (Å²) >= 11 is 1.52. The van der Waals surface area contributed by atoms with Crippen molar-refractivity contribution in [2.75, 3.05) is 26.8 Å². The minimum Gasteiger partial charge on any atom is -0.448 e. The van der Waals surface area contributed by atoms with Crippen LogP contribution in [0, 0.1) is 5.92 Å². The van der Waals surface area contributed by atoms with E-state index in [1.807, 2.05) is 54.3 Å². The standard InChI is InChI=1S/C40H44N4O5S/c1-26(38(45)42-33(36-23-41-25-50-36)22-27-12-4-3-5-13-27)37(48-2)34-18-10-20-43(34)39(46)35-19-11-21-44(35)40(47)49-24-32-30-16-8-6-14-28(30)29-15-7-9-17-31(29)32/h3-9,12-17,23,25-26,32-35,37H,10-11,18-22,24H2,1-2H3,(H,42,45)/t26-,33+,34+,35+,37-/m1/s1. The summed E-state index contributed by atoms with van der Waals surface area (Å²) in [4.78, 5) is 50.3. The number of amides is 3. The molecule has 260 valence electrons. The van der Waals surface area contributed by atoms with E-state index in [0.717, 1.165) is 40.8 Å². The zero-order valence-corrected chi connectivity index (χ0v) is 29.4. The molecule has 9 nitrogen and oxygen atoms in total. The van der Waals surface area contributed by atoms with Crippen molar-refractivity contribution in [2.45, 2.75) is 69.2 Å². The molecule has 10 heteroatoms. The molecule has 3 aromatic carbocycles. The fourth-order valence-electron chi connectivity index (χ4n) is 8.14. The van der Waals surface area contributed by atoms with Crippen molar-refractivity contribution >= 4 is 29.2 Å². The Kier molecular flexibility index (Phi) is 10.3. The molecule has 0 radical (unpaired) electrons. The number of carbonyl (C=O) groups excluding carboxylic acids is 3. The summed E-state index contributed by atoms with van der Waals surface area (Å²) in [5, 5.41) is 3.26. The molecule has 2 aliphatic heterocycles. The number of aromatic nitrogens is 1. The summed E-state index contributed by atoms with van der Waals surface area (Å²) in [5.41, 5.74) is 7.54. The molecule has 7 rings (SSSR count). The number of fused-ring (bicyclic) bond motifs is 3. The monoisotopic (exact) mass is 692 g/mol. The van der Waals surface area contributed by atoms with Crippen LogP contribution in [0.5, 0.6) is 0 Å². The van der Waals surface area contributed by atoms with Crippen LogP contribution in [0.2, 0.25) is 0 Å². The van der Waals surface area contributed by atoms with Crippen molar-refractivity contribution in [2.24, 2.45) is 5.92 Å². The Morgan fingerprint density at radius 3 is 2.24 bits per heavy atom. The van der Waals surface area contributed by atoms with Gasteiger partial charge in [0.2, 0.25) is 11.8 Å². The lowest BCUT2D eigenvalue weighted by molar-refractivity contribution is -0.143. The number of benzene rings is 3. The number of carbonyl (C=O) groups is 3. The van der Waals surface area contributed by atoms with Gasteiger partial charge in [0, 0.05) is 37.2 Å². The summed E-state index contributed by atoms with van der Waals surface area (Å²) < 4.78 is 12.0. The second-order valence-electron chi connectivity index (χ2n) is 13.5. The van der Waals surface area contributed by atoms with Crippen LogP contribution in [-0.2, 0) is 25.5 Å². The Hall–Kier alpha value is -4.54. The van der Waals surface area contributed by atoms with Gasteiger partial charge in [-0.05, 0) is 59.9 Å². The SMILES string of the molecule is CO[C@H]([C@@H](C)C(=O)N[C@@H](Cc1ccccc1)c1cncs1)[C@@H]1CCCN1C(=O)[C@@H]1CCCN1C(=O)OCC1c2ccccc2-c2ccccc21. The zero-order valence-electron chi connectivity index (χ0n) is 28.6. The Morgan fingerprint density at radius 2 is 1.56 bits per heavy atom. The maximum Gasteiger partial charge on any atom is 0.410 e. The van der Waals surface area contributed by atoms with Crippen molar-refractivity contribution in [1.29, 1.82) is 0 Å². The number of rotatable bonds is 11. The molecule has 0 bridgehead atoms. The zero-order chi connectivity index (χ0) is 34.6. The third kappa shape index (κ3) is 6.79. The van der Waals surface area contributed by atoms with Gasteiger partial charge in [0.25, 0.3) is 0 Å². The summed E-state index contributed by atoms with van der Waals surface area (Å²) in [6, 6.07) is 25.5. The Bertz CT molecular complexity index is 1750. The molecule has 1 aliphatic carbocycles. The van der Waals surface area contributed by atoms with Crippen LogP contribution in [0.3, 0.4) is 0 Å². The van der Waals surface area contributed by atoms with Gasteiger partial charge in [-0.3, -0.25) is 19.5 Å². The lowest BCUT2D eigenvalue weighted by atomic mass is 9.93. The third-order valence-electron chi connectivity index (χ3n) is 10.6. The van der Waals surface area contributed by atoms with Gasteiger partial charge in [-0.1, -0.05) is 85.8 Å². The number of methoxy groups -OCH3 is 1. The summed E-state index contributed by atoms with van der Waals surface area (Å²) in [5.74, 6) is -0.803. The minimum atomic E-state index is -0.602. The van der Waals surface area contributed by atoms with Crippen LogP contribution >= 0.6 is 11.3 Å². The van der Waals surface area contributed by atoms with Crippen LogP contribution in [0.4, 0.5) is 4.79 Å². The van der Waals surface area contributed by atoms with Crippen molar-refractivity contribution in [3.05, 3.63) is 112 Å². The Balaban J connectivity index is 1.01. The second kappa shape index (κ2) is 15.1. The smallest absolute Gasteiger partial charge is 0.410 e. The Morgan fingerprint density at radius 1 is 0.900 bits per heavy atom. The van der Waals surface area contributed by atoms with Crippen molar-refractivity contribution in [1.82, 2.24) is 20.1 Å². The molecular formula is C40H44N4O5S. The number of ether oxygens (including phenoxy) is 2. The quantitative estimate of drug-likeness (QED) is 0.190. The molecule has 50 heavy (non-hydrogen) atoms. The highest BCUT2D eigenvalue weighted by atomic mass is 32.1. The largest absolute Gasteiger partial charge is 0.448 e. The number of thiazole rings is 1. The highest BCUT2D eigenvalue weighted by molar-refractivity contribution is 7.09. The van der Waals surface area contributed by atoms with E-state index in [1.165, 1.54) is 22.5 Å². The first-order chi connectivity index (χ1) is 24.4. The van der Waals surface area contributed by atoms with Crippen LogP contribution < -0.4 is 5.32 Å². The fraction of sp³-hybridized carbons (Fsp3) is 0.400. The first-order valence-electron chi connectivity index (χ1n) is 17.6. The van der Waals surface area contributed by atoms with Crippen molar-refractivity contribution in [3.63, 3.8) is 0 Å². The lowest BCUT2D eigenvalue weighted by Crippen LogP contribution is -2.54. The molecular weight excluding hydrogens is 649 g/mol. The Labute approximate surface area is 297 Å². The van der Waals surface area contributed by atoms with E-state index in [-0.39, 0.29) is 36.4 Å². The number of hydrogen-bond acceptors (Lipinski definition) is 7. The van der Waals surface area contributed by atoms with Gasteiger partial charge in [0.15, 0.2) is 0 Å².